The number of nitrogens with zero attached hydrogens (tertiary/aromatic N) is 1. The molecule has 0 aromatic carbocycles. The van der Waals surface area contributed by atoms with Gasteiger partial charge in [-0.15, -0.1) is 0 Å². The van der Waals surface area contributed by atoms with Gasteiger partial charge in [0.2, 0.25) is 0 Å². The smallest absolute Gasteiger partial charge is 0.332 e. The zero-order valence-electron chi connectivity index (χ0n) is 8.57. The number of rotatable bonds is 5. The first-order chi connectivity index (χ1) is 7.54. The summed E-state index contributed by atoms with van der Waals surface area (Å²) < 4.78 is 2.49. The lowest BCUT2D eigenvalue weighted by Gasteiger charge is -2.06. The molecule has 1 aromatic rings. The molecule has 88 valence electrons. The first kappa shape index (κ1) is 12.7. The van der Waals surface area contributed by atoms with Crippen LogP contribution in [0.5, 0.6) is 0 Å². The number of hydrogen-bond donors (Lipinski definition) is 2. The van der Waals surface area contributed by atoms with Crippen molar-refractivity contribution in [2.45, 2.75) is 13.5 Å². The summed E-state index contributed by atoms with van der Waals surface area (Å²) >= 11 is 3.25. The van der Waals surface area contributed by atoms with Gasteiger partial charge in [-0.1, -0.05) is 0 Å². The van der Waals surface area contributed by atoms with Gasteiger partial charge in [0.15, 0.2) is 6.61 Å². The van der Waals surface area contributed by atoms with Crippen LogP contribution in [0.4, 0.5) is 0 Å². The van der Waals surface area contributed by atoms with Gasteiger partial charge in [0.05, 0.1) is 0 Å². The Morgan fingerprint density at radius 3 is 2.88 bits per heavy atom. The molecule has 6 nitrogen and oxygen atoms in total. The van der Waals surface area contributed by atoms with Gasteiger partial charge in [-0.25, -0.2) is 10.3 Å². The molecular formula is C9H11BrN2O4. The van der Waals surface area contributed by atoms with E-state index in [2.05, 4.69) is 26.2 Å². The van der Waals surface area contributed by atoms with Gasteiger partial charge in [-0.05, 0) is 28.9 Å². The van der Waals surface area contributed by atoms with Gasteiger partial charge < -0.3 is 9.67 Å². The average Bonchev–Trinajstić information content (AvgIpc) is 2.59. The lowest BCUT2D eigenvalue weighted by atomic mass is 10.4. The maximum Gasteiger partial charge on any atom is 0.332 e. The van der Waals surface area contributed by atoms with Crippen LogP contribution in [0.3, 0.4) is 0 Å². The number of carboxylic acids is 1. The van der Waals surface area contributed by atoms with Gasteiger partial charge in [0, 0.05) is 17.2 Å². The van der Waals surface area contributed by atoms with E-state index in [1.165, 1.54) is 0 Å². The number of aromatic nitrogens is 1. The van der Waals surface area contributed by atoms with Gasteiger partial charge in [0.25, 0.3) is 5.91 Å². The third kappa shape index (κ3) is 3.35. The van der Waals surface area contributed by atoms with E-state index in [-0.39, 0.29) is 0 Å². The van der Waals surface area contributed by atoms with Gasteiger partial charge in [0.1, 0.15) is 5.69 Å². The van der Waals surface area contributed by atoms with Crippen molar-refractivity contribution in [1.82, 2.24) is 10.0 Å². The van der Waals surface area contributed by atoms with Gasteiger partial charge in [-0.2, -0.15) is 0 Å². The van der Waals surface area contributed by atoms with Crippen LogP contribution in [0.2, 0.25) is 0 Å². The molecule has 0 spiro atoms. The number of hydroxylamine groups is 1. The number of aryl methyl sites for hydroxylation is 1. The van der Waals surface area contributed by atoms with E-state index in [1.807, 2.05) is 6.92 Å². The molecule has 0 aliphatic rings. The standard InChI is InChI=1S/C9H11BrN2O4/c1-2-12-4-6(10)3-7(12)9(15)11-16-5-8(13)14/h3-4H,2,5H2,1H3,(H,11,15)(H,13,14). The number of carboxylic acid groups (broad SMARTS) is 1. The zero-order valence-corrected chi connectivity index (χ0v) is 10.2. The third-order valence-electron chi connectivity index (χ3n) is 1.80. The predicted octanol–water partition coefficient (Wildman–Crippen LogP) is 1.02. The van der Waals surface area contributed by atoms with Crippen molar-refractivity contribution in [2.24, 2.45) is 0 Å². The highest BCUT2D eigenvalue weighted by molar-refractivity contribution is 9.10. The fourth-order valence-electron chi connectivity index (χ4n) is 1.14. The molecule has 1 rings (SSSR count). The second kappa shape index (κ2) is 5.66. The minimum Gasteiger partial charge on any atom is -0.479 e. The highest BCUT2D eigenvalue weighted by Gasteiger charge is 2.12. The molecule has 0 fully saturated rings. The minimum atomic E-state index is -1.15. The van der Waals surface area contributed by atoms with Gasteiger partial charge in [-0.3, -0.25) is 9.63 Å². The zero-order chi connectivity index (χ0) is 12.1. The quantitative estimate of drug-likeness (QED) is 0.794. The highest BCUT2D eigenvalue weighted by Crippen LogP contribution is 2.14. The van der Waals surface area contributed by atoms with E-state index in [1.54, 1.807) is 16.8 Å². The SMILES string of the molecule is CCn1cc(Br)cc1C(=O)NOCC(=O)O. The summed E-state index contributed by atoms with van der Waals surface area (Å²) in [6, 6.07) is 1.63. The van der Waals surface area contributed by atoms with Crippen molar-refractivity contribution in [3.8, 4) is 0 Å². The summed E-state index contributed by atoms with van der Waals surface area (Å²) in [6.07, 6.45) is 1.76. The molecule has 1 amide bonds. The normalized spacial score (nSPS) is 10.1. The van der Waals surface area contributed by atoms with Crippen LogP contribution in [-0.2, 0) is 16.2 Å². The van der Waals surface area contributed by atoms with Crippen LogP contribution in [0.25, 0.3) is 0 Å². The van der Waals surface area contributed by atoms with Crippen LogP contribution >= 0.6 is 15.9 Å². The maximum absolute atomic E-state index is 11.5. The second-order valence-electron chi connectivity index (χ2n) is 2.94. The molecule has 0 saturated carbocycles. The van der Waals surface area contributed by atoms with E-state index < -0.39 is 18.5 Å². The molecule has 0 radical (unpaired) electrons. The summed E-state index contributed by atoms with van der Waals surface area (Å²) in [5.41, 5.74) is 2.46. The molecule has 0 bridgehead atoms. The van der Waals surface area contributed by atoms with E-state index >= 15 is 0 Å². The number of aliphatic carboxylic acids is 1. The molecular weight excluding hydrogens is 280 g/mol. The Morgan fingerprint density at radius 1 is 1.62 bits per heavy atom. The van der Waals surface area contributed by atoms with E-state index in [0.717, 1.165) is 4.47 Å². The highest BCUT2D eigenvalue weighted by atomic mass is 79.9. The summed E-state index contributed by atoms with van der Waals surface area (Å²) in [7, 11) is 0. The number of amides is 1. The Bertz CT molecular complexity index is 402. The number of nitrogens with one attached hydrogen (secondary N) is 1. The van der Waals surface area contributed by atoms with Crippen molar-refractivity contribution < 1.29 is 19.5 Å². The molecule has 1 aromatic heterocycles. The Kier molecular flexibility index (Phi) is 4.51. The number of hydrogen-bond acceptors (Lipinski definition) is 3. The molecule has 0 unspecified atom stereocenters. The van der Waals surface area contributed by atoms with E-state index in [4.69, 9.17) is 5.11 Å². The first-order valence-electron chi connectivity index (χ1n) is 4.54. The second-order valence-corrected chi connectivity index (χ2v) is 3.86. The van der Waals surface area contributed by atoms with Crippen molar-refractivity contribution in [3.05, 3.63) is 22.4 Å². The minimum absolute atomic E-state index is 0.403. The molecule has 0 aliphatic carbocycles. The monoisotopic (exact) mass is 290 g/mol. The van der Waals surface area contributed by atoms with Crippen LogP contribution in [-0.4, -0.2) is 28.2 Å². The fraction of sp³-hybridized carbons (Fsp3) is 0.333. The molecule has 0 atom stereocenters. The lowest BCUT2D eigenvalue weighted by Crippen LogP contribution is -2.28. The Morgan fingerprint density at radius 2 is 2.31 bits per heavy atom. The van der Waals surface area contributed by atoms with Crippen molar-refractivity contribution in [3.63, 3.8) is 0 Å². The van der Waals surface area contributed by atoms with Crippen molar-refractivity contribution in [2.75, 3.05) is 6.61 Å². The maximum atomic E-state index is 11.5. The van der Waals surface area contributed by atoms with E-state index in [0.29, 0.717) is 12.2 Å². The molecule has 7 heteroatoms. The third-order valence-corrected chi connectivity index (χ3v) is 2.23. The fourth-order valence-corrected chi connectivity index (χ4v) is 1.61. The number of halogens is 1. The summed E-state index contributed by atoms with van der Waals surface area (Å²) in [6.45, 7) is 1.95. The molecule has 1 heterocycles. The Hall–Kier alpha value is -1.34. The van der Waals surface area contributed by atoms with Gasteiger partial charge >= 0.3 is 5.97 Å². The summed E-state index contributed by atoms with van der Waals surface area (Å²) in [5.74, 6) is -1.62. The first-order valence-corrected chi connectivity index (χ1v) is 5.33. The van der Waals surface area contributed by atoms with Crippen LogP contribution in [0.15, 0.2) is 16.7 Å². The number of carbonyl (C=O) groups excluding carboxylic acids is 1. The topological polar surface area (TPSA) is 80.6 Å². The molecule has 0 saturated heterocycles. The van der Waals surface area contributed by atoms with Crippen LogP contribution in [0.1, 0.15) is 17.4 Å². The average molecular weight is 291 g/mol. The Balaban J connectivity index is 2.61. The Labute approximate surface area is 100 Å². The molecule has 16 heavy (non-hydrogen) atoms. The molecule has 2 N–H and O–H groups in total. The predicted molar refractivity (Wildman–Crippen MR) is 58.9 cm³/mol. The van der Waals surface area contributed by atoms with Crippen molar-refractivity contribution in [1.29, 1.82) is 0 Å². The summed E-state index contributed by atoms with van der Waals surface area (Å²) in [4.78, 5) is 26.2. The number of carbonyl (C=O) groups is 2. The van der Waals surface area contributed by atoms with Crippen molar-refractivity contribution >= 4 is 27.8 Å². The lowest BCUT2D eigenvalue weighted by molar-refractivity contribution is -0.144. The van der Waals surface area contributed by atoms with Crippen LogP contribution < -0.4 is 5.48 Å². The van der Waals surface area contributed by atoms with E-state index in [9.17, 15) is 9.59 Å². The largest absolute Gasteiger partial charge is 0.479 e. The molecule has 0 aliphatic heterocycles. The van der Waals surface area contributed by atoms with Crippen LogP contribution in [0, 0.1) is 0 Å². The summed E-state index contributed by atoms with van der Waals surface area (Å²) in [5, 5.41) is 8.31.